The van der Waals surface area contributed by atoms with Crippen LogP contribution in [0.3, 0.4) is 0 Å². The molecule has 2 fully saturated rings. The highest BCUT2D eigenvalue weighted by molar-refractivity contribution is 6.30. The van der Waals surface area contributed by atoms with Crippen molar-refractivity contribution in [1.82, 2.24) is 14.7 Å². The van der Waals surface area contributed by atoms with Crippen molar-refractivity contribution in [3.63, 3.8) is 0 Å². The monoisotopic (exact) mass is 622 g/mol. The number of hydrogen-bond donors (Lipinski definition) is 1. The van der Waals surface area contributed by atoms with Gasteiger partial charge in [0.1, 0.15) is 0 Å². The van der Waals surface area contributed by atoms with E-state index in [0.29, 0.717) is 40.3 Å². The van der Waals surface area contributed by atoms with Crippen LogP contribution in [0.15, 0.2) is 91.0 Å². The van der Waals surface area contributed by atoms with Crippen molar-refractivity contribution < 1.29 is 9.59 Å². The average Bonchev–Trinajstić information content (AvgIpc) is 3.83. The molecule has 0 radical (unpaired) electrons. The molecule has 1 aliphatic carbocycles. The zero-order valence-electron chi connectivity index (χ0n) is 24.1. The normalized spacial score (nSPS) is 15.7. The number of carbonyl (C=O) groups excluding carboxylic acids is 2. The molecule has 2 N–H and O–H groups in total. The molecule has 44 heavy (non-hydrogen) atoms. The van der Waals surface area contributed by atoms with Gasteiger partial charge >= 0.3 is 0 Å². The van der Waals surface area contributed by atoms with E-state index >= 15 is 0 Å². The molecule has 0 spiro atoms. The van der Waals surface area contributed by atoms with Crippen molar-refractivity contribution in [2.75, 3.05) is 13.1 Å². The minimum atomic E-state index is -0.535. The molecule has 8 heteroatoms. The van der Waals surface area contributed by atoms with Gasteiger partial charge in [-0.25, -0.2) is 0 Å². The maximum Gasteiger partial charge on any atom is 0.253 e. The fraction of sp³-hybridized carbons (Fsp3) is 0.250. The lowest BCUT2D eigenvalue weighted by Crippen LogP contribution is -2.38. The molecule has 0 bridgehead atoms. The molecule has 4 aromatic carbocycles. The van der Waals surface area contributed by atoms with E-state index in [1.54, 1.807) is 24.3 Å². The van der Waals surface area contributed by atoms with Gasteiger partial charge in [0, 0.05) is 57.2 Å². The van der Waals surface area contributed by atoms with Crippen LogP contribution in [0.2, 0.25) is 10.0 Å². The summed E-state index contributed by atoms with van der Waals surface area (Å²) in [6.45, 7) is 1.28. The number of nitrogens with zero attached hydrogens (tertiary/aromatic N) is 3. The Morgan fingerprint density at radius 1 is 0.750 bits per heavy atom. The Morgan fingerprint density at radius 2 is 1.34 bits per heavy atom. The van der Waals surface area contributed by atoms with Crippen LogP contribution in [0.4, 0.5) is 0 Å². The largest absolute Gasteiger partial charge is 0.366 e. The molecule has 6 nitrogen and oxygen atoms in total. The number of nitrogens with two attached hydrogens (primary N) is 1. The second-order valence-electron chi connectivity index (χ2n) is 11.9. The lowest BCUT2D eigenvalue weighted by atomic mass is 9.84. The third-order valence-electron chi connectivity index (χ3n) is 8.95. The number of rotatable bonds is 7. The van der Waals surface area contributed by atoms with E-state index in [4.69, 9.17) is 34.0 Å². The number of aromatic nitrogens is 2. The molecule has 222 valence electrons. The molecule has 5 aromatic rings. The van der Waals surface area contributed by atoms with Crippen LogP contribution in [0.1, 0.15) is 86.7 Å². The minimum Gasteiger partial charge on any atom is -0.366 e. The lowest BCUT2D eigenvalue weighted by Gasteiger charge is -2.32. The maximum atomic E-state index is 13.3. The fourth-order valence-corrected chi connectivity index (χ4v) is 6.81. The van der Waals surface area contributed by atoms with E-state index in [1.165, 1.54) is 16.6 Å². The number of piperidine rings is 1. The molecule has 0 unspecified atom stereocenters. The number of halogens is 2. The fourth-order valence-electron chi connectivity index (χ4n) is 6.56. The second kappa shape index (κ2) is 11.8. The molecule has 1 aliphatic heterocycles. The van der Waals surface area contributed by atoms with Crippen LogP contribution in [-0.4, -0.2) is 39.6 Å². The van der Waals surface area contributed by atoms with Gasteiger partial charge in [-0.05, 0) is 97.0 Å². The smallest absolute Gasteiger partial charge is 0.253 e. The van der Waals surface area contributed by atoms with Gasteiger partial charge in [-0.15, -0.1) is 0 Å². The van der Waals surface area contributed by atoms with Crippen LogP contribution in [0.5, 0.6) is 0 Å². The van der Waals surface area contributed by atoms with Crippen molar-refractivity contribution in [2.24, 2.45) is 5.73 Å². The molecule has 1 saturated heterocycles. The molecule has 2 aliphatic rings. The van der Waals surface area contributed by atoms with Gasteiger partial charge in [-0.3, -0.25) is 14.3 Å². The predicted molar refractivity (Wildman–Crippen MR) is 175 cm³/mol. The summed E-state index contributed by atoms with van der Waals surface area (Å²) in [5.41, 5.74) is 12.1. The molecular weight excluding hydrogens is 591 g/mol. The topological polar surface area (TPSA) is 81.2 Å². The van der Waals surface area contributed by atoms with E-state index in [0.717, 1.165) is 42.3 Å². The van der Waals surface area contributed by atoms with E-state index in [2.05, 4.69) is 47.1 Å². The van der Waals surface area contributed by atoms with E-state index < -0.39 is 5.91 Å². The Hall–Kier alpha value is -4.13. The van der Waals surface area contributed by atoms with Gasteiger partial charge in [0.2, 0.25) is 5.91 Å². The van der Waals surface area contributed by atoms with Gasteiger partial charge in [0.25, 0.3) is 5.91 Å². The van der Waals surface area contributed by atoms with E-state index in [9.17, 15) is 9.59 Å². The van der Waals surface area contributed by atoms with Gasteiger partial charge in [0.15, 0.2) is 0 Å². The summed E-state index contributed by atoms with van der Waals surface area (Å²) in [7, 11) is 0. The Labute approximate surface area is 266 Å². The molecule has 2 amide bonds. The number of carbonyl (C=O) groups is 2. The summed E-state index contributed by atoms with van der Waals surface area (Å²) in [6, 6.07) is 29.9. The van der Waals surface area contributed by atoms with Crippen LogP contribution in [0, 0.1) is 0 Å². The summed E-state index contributed by atoms with van der Waals surface area (Å²) in [6.07, 6.45) is 3.96. The van der Waals surface area contributed by atoms with E-state index in [-0.39, 0.29) is 17.7 Å². The first-order chi connectivity index (χ1) is 21.4. The molecule has 1 saturated carbocycles. The Morgan fingerprint density at radius 3 is 1.93 bits per heavy atom. The lowest BCUT2D eigenvalue weighted by molar-refractivity contribution is 0.0711. The quantitative estimate of drug-likeness (QED) is 0.187. The summed E-state index contributed by atoms with van der Waals surface area (Å²) in [5.74, 6) is -0.321. The van der Waals surface area contributed by atoms with Crippen LogP contribution in [0.25, 0.3) is 10.9 Å². The van der Waals surface area contributed by atoms with Crippen LogP contribution >= 0.6 is 23.2 Å². The zero-order chi connectivity index (χ0) is 30.4. The number of fused-ring (bicyclic) bond motifs is 1. The zero-order valence-corrected chi connectivity index (χ0v) is 25.6. The standard InChI is InChI=1S/C36H32Cl2N4O2/c37-28-9-4-22(5-10-28)33(23-6-11-29(38)12-7-23)25-8-15-32-31(21-25)34(42(40-32)30-13-14-30)24-16-18-41(19-17-24)36(44)27-3-1-2-26(20-27)35(39)43/h1-12,15,20-21,24,30,33H,13-14,16-19H2,(H2,39,43). The Balaban J connectivity index is 1.22. The van der Waals surface area contributed by atoms with Crippen molar-refractivity contribution >= 4 is 45.9 Å². The molecular formula is C36H32Cl2N4O2. The summed E-state index contributed by atoms with van der Waals surface area (Å²) < 4.78 is 2.27. The predicted octanol–water partition coefficient (Wildman–Crippen LogP) is 7.98. The first-order valence-electron chi connectivity index (χ1n) is 15.1. The Bertz CT molecular complexity index is 1810. The number of amides is 2. The average molecular weight is 624 g/mol. The number of primary amides is 1. The SMILES string of the molecule is NC(=O)c1cccc(C(=O)N2CCC(c3c4cc(C(c5ccc(Cl)cc5)c5ccc(Cl)cc5)ccc4nn3C3CC3)CC2)c1. The number of benzene rings is 4. The number of hydrogen-bond acceptors (Lipinski definition) is 3. The third kappa shape index (κ3) is 5.60. The minimum absolute atomic E-state index is 0.00157. The highest BCUT2D eigenvalue weighted by atomic mass is 35.5. The molecule has 7 rings (SSSR count). The van der Waals surface area contributed by atoms with Gasteiger partial charge < -0.3 is 10.6 Å². The number of likely N-dealkylation sites (tertiary alicyclic amines) is 1. The van der Waals surface area contributed by atoms with Gasteiger partial charge in [-0.2, -0.15) is 5.10 Å². The van der Waals surface area contributed by atoms with Gasteiger partial charge in [-0.1, -0.05) is 59.6 Å². The summed E-state index contributed by atoms with van der Waals surface area (Å²) >= 11 is 12.5. The van der Waals surface area contributed by atoms with E-state index in [1.807, 2.05) is 29.2 Å². The van der Waals surface area contributed by atoms with Gasteiger partial charge in [0.05, 0.1) is 11.6 Å². The van der Waals surface area contributed by atoms with Crippen molar-refractivity contribution in [1.29, 1.82) is 0 Å². The molecule has 0 atom stereocenters. The highest BCUT2D eigenvalue weighted by Crippen LogP contribution is 2.43. The summed E-state index contributed by atoms with van der Waals surface area (Å²) in [4.78, 5) is 26.9. The molecule has 2 heterocycles. The van der Waals surface area contributed by atoms with Crippen LogP contribution < -0.4 is 5.73 Å². The molecule has 1 aromatic heterocycles. The maximum absolute atomic E-state index is 13.3. The van der Waals surface area contributed by atoms with Crippen molar-refractivity contribution in [2.45, 2.75) is 43.6 Å². The highest BCUT2D eigenvalue weighted by Gasteiger charge is 2.34. The third-order valence-corrected chi connectivity index (χ3v) is 9.46. The van der Waals surface area contributed by atoms with Crippen molar-refractivity contribution in [3.05, 3.63) is 135 Å². The van der Waals surface area contributed by atoms with Crippen LogP contribution in [-0.2, 0) is 0 Å². The summed E-state index contributed by atoms with van der Waals surface area (Å²) in [5, 5.41) is 7.70. The first-order valence-corrected chi connectivity index (χ1v) is 15.8. The first kappa shape index (κ1) is 28.6. The Kier molecular flexibility index (Phi) is 7.65. The van der Waals surface area contributed by atoms with Crippen molar-refractivity contribution in [3.8, 4) is 0 Å². The second-order valence-corrected chi connectivity index (χ2v) is 12.8.